The van der Waals surface area contributed by atoms with Gasteiger partial charge in [0.25, 0.3) is 5.91 Å². The summed E-state index contributed by atoms with van der Waals surface area (Å²) in [7, 11) is 1.62. The maximum absolute atomic E-state index is 12.5. The second kappa shape index (κ2) is 7.30. The largest absolute Gasteiger partial charge is 0.497 e. The van der Waals surface area contributed by atoms with Gasteiger partial charge < -0.3 is 19.2 Å². The van der Waals surface area contributed by atoms with Crippen LogP contribution in [0.15, 0.2) is 46.9 Å². The van der Waals surface area contributed by atoms with Crippen molar-refractivity contribution >= 4 is 16.9 Å². The van der Waals surface area contributed by atoms with Gasteiger partial charge in [0.05, 0.1) is 13.7 Å². The second-order valence-corrected chi connectivity index (χ2v) is 5.68. The van der Waals surface area contributed by atoms with E-state index in [2.05, 4.69) is 5.32 Å². The summed E-state index contributed by atoms with van der Waals surface area (Å²) in [5.74, 6) is 1.61. The molecule has 1 N–H and O–H groups in total. The molecule has 0 aliphatic carbocycles. The summed E-state index contributed by atoms with van der Waals surface area (Å²) < 4.78 is 16.4. The Morgan fingerprint density at radius 1 is 1.16 bits per heavy atom. The molecule has 3 rings (SSSR count). The Morgan fingerprint density at radius 3 is 2.76 bits per heavy atom. The minimum atomic E-state index is -0.241. The maximum atomic E-state index is 12.5. The van der Waals surface area contributed by atoms with Crippen LogP contribution in [0.4, 0.5) is 0 Å². The van der Waals surface area contributed by atoms with Crippen molar-refractivity contribution < 1.29 is 18.7 Å². The van der Waals surface area contributed by atoms with Gasteiger partial charge in [-0.25, -0.2) is 0 Å². The van der Waals surface area contributed by atoms with Gasteiger partial charge in [0.2, 0.25) is 0 Å². The van der Waals surface area contributed by atoms with Crippen LogP contribution in [-0.4, -0.2) is 19.6 Å². The number of fused-ring (bicyclic) bond motifs is 1. The van der Waals surface area contributed by atoms with Gasteiger partial charge in [-0.05, 0) is 49.7 Å². The third-order valence-electron chi connectivity index (χ3n) is 4.01. The molecule has 1 heterocycles. The summed E-state index contributed by atoms with van der Waals surface area (Å²) >= 11 is 0. The Kier molecular flexibility index (Phi) is 4.93. The quantitative estimate of drug-likeness (QED) is 0.735. The summed E-state index contributed by atoms with van der Waals surface area (Å²) in [4.78, 5) is 12.5. The fourth-order valence-corrected chi connectivity index (χ4v) is 2.72. The lowest BCUT2D eigenvalue weighted by atomic mass is 10.1. The van der Waals surface area contributed by atoms with Gasteiger partial charge in [-0.3, -0.25) is 4.79 Å². The number of methoxy groups -OCH3 is 1. The zero-order chi connectivity index (χ0) is 17.8. The van der Waals surface area contributed by atoms with Crippen LogP contribution in [-0.2, 0) is 6.54 Å². The van der Waals surface area contributed by atoms with E-state index in [1.54, 1.807) is 7.11 Å². The molecule has 0 saturated heterocycles. The molecule has 25 heavy (non-hydrogen) atoms. The molecular formula is C20H21NO4. The lowest BCUT2D eigenvalue weighted by Crippen LogP contribution is -2.22. The number of aryl methyl sites for hydroxylation is 1. The summed E-state index contributed by atoms with van der Waals surface area (Å²) in [6.45, 7) is 4.80. The van der Waals surface area contributed by atoms with Crippen LogP contribution in [0, 0.1) is 6.92 Å². The number of ether oxygens (including phenoxy) is 2. The lowest BCUT2D eigenvalue weighted by molar-refractivity contribution is 0.0924. The van der Waals surface area contributed by atoms with E-state index in [1.165, 1.54) is 0 Å². The minimum Gasteiger partial charge on any atom is -0.497 e. The third kappa shape index (κ3) is 3.60. The molecule has 1 aromatic heterocycles. The second-order valence-electron chi connectivity index (χ2n) is 5.68. The highest BCUT2D eigenvalue weighted by Gasteiger charge is 2.18. The first-order valence-corrected chi connectivity index (χ1v) is 8.19. The molecule has 2 aromatic carbocycles. The van der Waals surface area contributed by atoms with Crippen molar-refractivity contribution in [1.29, 1.82) is 0 Å². The Morgan fingerprint density at radius 2 is 2.00 bits per heavy atom. The van der Waals surface area contributed by atoms with Crippen LogP contribution in [0.3, 0.4) is 0 Å². The fraction of sp³-hybridized carbons (Fsp3) is 0.250. The highest BCUT2D eigenvalue weighted by Crippen LogP contribution is 2.29. The smallest absolute Gasteiger partial charge is 0.287 e. The molecule has 0 fully saturated rings. The van der Waals surface area contributed by atoms with E-state index in [1.807, 2.05) is 56.3 Å². The molecule has 0 atom stereocenters. The predicted molar refractivity (Wildman–Crippen MR) is 96.3 cm³/mol. The zero-order valence-electron chi connectivity index (χ0n) is 14.6. The van der Waals surface area contributed by atoms with Gasteiger partial charge >= 0.3 is 0 Å². The first-order chi connectivity index (χ1) is 12.1. The molecule has 5 heteroatoms. The summed E-state index contributed by atoms with van der Waals surface area (Å²) in [5, 5.41) is 3.78. The maximum Gasteiger partial charge on any atom is 0.287 e. The Balaban J connectivity index is 1.78. The molecule has 5 nitrogen and oxygen atoms in total. The van der Waals surface area contributed by atoms with Crippen LogP contribution in [0.25, 0.3) is 11.0 Å². The molecule has 0 spiro atoms. The summed E-state index contributed by atoms with van der Waals surface area (Å²) in [5.41, 5.74) is 2.44. The Hall–Kier alpha value is -2.95. The van der Waals surface area contributed by atoms with Gasteiger partial charge in [0, 0.05) is 17.5 Å². The van der Waals surface area contributed by atoms with Gasteiger partial charge in [-0.1, -0.05) is 12.1 Å². The third-order valence-corrected chi connectivity index (χ3v) is 4.01. The summed E-state index contributed by atoms with van der Waals surface area (Å²) in [6, 6.07) is 13.1. The first kappa shape index (κ1) is 16.9. The van der Waals surface area contributed by atoms with Gasteiger partial charge in [0.15, 0.2) is 5.76 Å². The van der Waals surface area contributed by atoms with Crippen LogP contribution >= 0.6 is 0 Å². The summed E-state index contributed by atoms with van der Waals surface area (Å²) in [6.07, 6.45) is 0. The molecule has 0 aliphatic rings. The number of nitrogens with one attached hydrogen (secondary N) is 1. The van der Waals surface area contributed by atoms with E-state index in [9.17, 15) is 4.79 Å². The number of hydrogen-bond donors (Lipinski definition) is 1. The zero-order valence-corrected chi connectivity index (χ0v) is 14.6. The van der Waals surface area contributed by atoms with E-state index in [0.717, 1.165) is 28.0 Å². The Bertz CT molecular complexity index is 898. The normalized spacial score (nSPS) is 10.7. The van der Waals surface area contributed by atoms with E-state index in [-0.39, 0.29) is 5.91 Å². The number of carbonyl (C=O) groups is 1. The Labute approximate surface area is 146 Å². The average molecular weight is 339 g/mol. The van der Waals surface area contributed by atoms with Crippen molar-refractivity contribution in [2.24, 2.45) is 0 Å². The number of amides is 1. The van der Waals surface area contributed by atoms with Crippen LogP contribution in [0.5, 0.6) is 11.5 Å². The van der Waals surface area contributed by atoms with Crippen molar-refractivity contribution in [3.05, 3.63) is 59.4 Å². The van der Waals surface area contributed by atoms with Crippen molar-refractivity contribution in [2.75, 3.05) is 13.7 Å². The van der Waals surface area contributed by atoms with Gasteiger partial charge in [-0.2, -0.15) is 0 Å². The topological polar surface area (TPSA) is 60.7 Å². The van der Waals surface area contributed by atoms with Crippen LogP contribution in [0.2, 0.25) is 0 Å². The molecule has 0 aliphatic heterocycles. The van der Waals surface area contributed by atoms with E-state index in [4.69, 9.17) is 13.9 Å². The van der Waals surface area contributed by atoms with Crippen LogP contribution < -0.4 is 14.8 Å². The highest BCUT2D eigenvalue weighted by atomic mass is 16.5. The molecule has 0 radical (unpaired) electrons. The first-order valence-electron chi connectivity index (χ1n) is 8.19. The molecule has 0 saturated carbocycles. The fourth-order valence-electron chi connectivity index (χ4n) is 2.72. The SMILES string of the molecule is CCOc1ccc2oc(C(=O)NCc3cccc(OC)c3)c(C)c2c1. The van der Waals surface area contributed by atoms with Crippen molar-refractivity contribution in [3.8, 4) is 11.5 Å². The number of rotatable bonds is 6. The van der Waals surface area contributed by atoms with E-state index in [0.29, 0.717) is 24.5 Å². The molecule has 1 amide bonds. The molecule has 0 unspecified atom stereocenters. The van der Waals surface area contributed by atoms with Crippen LogP contribution in [0.1, 0.15) is 28.6 Å². The molecule has 3 aromatic rings. The van der Waals surface area contributed by atoms with E-state index >= 15 is 0 Å². The lowest BCUT2D eigenvalue weighted by Gasteiger charge is -2.06. The predicted octanol–water partition coefficient (Wildman–Crippen LogP) is 4.08. The molecule has 0 bridgehead atoms. The molecular weight excluding hydrogens is 318 g/mol. The van der Waals surface area contributed by atoms with Crippen molar-refractivity contribution in [2.45, 2.75) is 20.4 Å². The average Bonchev–Trinajstić information content (AvgIpc) is 2.97. The number of hydrogen-bond acceptors (Lipinski definition) is 4. The number of carbonyl (C=O) groups excluding carboxylic acids is 1. The van der Waals surface area contributed by atoms with Gasteiger partial charge in [0.1, 0.15) is 17.1 Å². The molecule has 130 valence electrons. The van der Waals surface area contributed by atoms with Crippen molar-refractivity contribution in [3.63, 3.8) is 0 Å². The minimum absolute atomic E-state index is 0.241. The monoisotopic (exact) mass is 339 g/mol. The number of benzene rings is 2. The van der Waals surface area contributed by atoms with Gasteiger partial charge in [-0.15, -0.1) is 0 Å². The van der Waals surface area contributed by atoms with E-state index < -0.39 is 0 Å². The highest BCUT2D eigenvalue weighted by molar-refractivity contribution is 5.99. The number of furan rings is 1. The standard InChI is InChI=1S/C20H21NO4/c1-4-24-16-8-9-18-17(11-16)13(2)19(25-18)20(22)21-12-14-6-5-7-15(10-14)23-3/h5-11H,4,12H2,1-3H3,(H,21,22). The van der Waals surface area contributed by atoms with Crippen molar-refractivity contribution in [1.82, 2.24) is 5.32 Å².